The van der Waals surface area contributed by atoms with E-state index >= 15 is 0 Å². The molecule has 1 aromatic carbocycles. The van der Waals surface area contributed by atoms with E-state index in [2.05, 4.69) is 10.4 Å². The third-order valence-electron chi connectivity index (χ3n) is 5.07. The van der Waals surface area contributed by atoms with Gasteiger partial charge in [-0.25, -0.2) is 0 Å². The molecule has 0 saturated carbocycles. The topological polar surface area (TPSA) is 67.2 Å². The zero-order valence-corrected chi connectivity index (χ0v) is 16.3. The molecular weight excluding hydrogens is 385 g/mol. The third-order valence-corrected chi connectivity index (χ3v) is 5.07. The first-order valence-electron chi connectivity index (χ1n) is 9.34. The number of rotatable bonds is 5. The normalized spacial score (nSPS) is 17.5. The van der Waals surface area contributed by atoms with Gasteiger partial charge in [0, 0.05) is 44.9 Å². The largest absolute Gasteiger partial charge is 0.416 e. The second kappa shape index (κ2) is 8.26. The van der Waals surface area contributed by atoms with Gasteiger partial charge in [0.1, 0.15) is 0 Å². The molecule has 0 bridgehead atoms. The number of hydrogen-bond acceptors (Lipinski definition) is 3. The van der Waals surface area contributed by atoms with Gasteiger partial charge in [0.15, 0.2) is 0 Å². The number of piperidine rings is 1. The van der Waals surface area contributed by atoms with Crippen molar-refractivity contribution in [3.05, 3.63) is 52.8 Å². The summed E-state index contributed by atoms with van der Waals surface area (Å²) in [6.45, 7) is 2.44. The van der Waals surface area contributed by atoms with Crippen LogP contribution in [-0.4, -0.2) is 33.0 Å². The number of carbonyl (C=O) groups excluding carboxylic acids is 2. The van der Waals surface area contributed by atoms with Crippen LogP contribution in [0.2, 0.25) is 0 Å². The molecule has 1 aliphatic heterocycles. The van der Waals surface area contributed by atoms with Crippen molar-refractivity contribution in [2.24, 2.45) is 13.0 Å². The number of amides is 2. The first-order chi connectivity index (χ1) is 13.6. The maximum atomic E-state index is 12.9. The Kier molecular flexibility index (Phi) is 5.95. The lowest BCUT2D eigenvalue weighted by molar-refractivity contribution is -0.139. The van der Waals surface area contributed by atoms with Gasteiger partial charge >= 0.3 is 6.18 Å². The molecule has 0 spiro atoms. The van der Waals surface area contributed by atoms with Gasteiger partial charge in [-0.1, -0.05) is 12.1 Å². The van der Waals surface area contributed by atoms with Gasteiger partial charge in [-0.15, -0.1) is 0 Å². The smallest absolute Gasteiger partial charge is 0.352 e. The standard InChI is InChI=1S/C20H23F3N4O2/c1-13-16(11-26(2)25-13)9-24-19(29)15-6-7-18(28)27(12-15)10-14-4-3-5-17(8-14)20(21,22)23/h3-5,8,11,15H,6-7,9-10,12H2,1-2H3,(H,24,29). The molecule has 156 valence electrons. The van der Waals surface area contributed by atoms with Gasteiger partial charge in [0.25, 0.3) is 0 Å². The van der Waals surface area contributed by atoms with Gasteiger partial charge in [-0.3, -0.25) is 14.3 Å². The van der Waals surface area contributed by atoms with Crippen LogP contribution in [0.3, 0.4) is 0 Å². The highest BCUT2D eigenvalue weighted by molar-refractivity contribution is 5.83. The van der Waals surface area contributed by atoms with E-state index in [9.17, 15) is 22.8 Å². The lowest BCUT2D eigenvalue weighted by atomic mass is 9.96. The molecule has 1 saturated heterocycles. The van der Waals surface area contributed by atoms with Crippen molar-refractivity contribution in [2.45, 2.75) is 39.0 Å². The zero-order valence-electron chi connectivity index (χ0n) is 16.3. The molecule has 1 aliphatic rings. The molecule has 2 heterocycles. The fourth-order valence-corrected chi connectivity index (χ4v) is 3.50. The number of nitrogens with zero attached hydrogens (tertiary/aromatic N) is 3. The van der Waals surface area contributed by atoms with Crippen LogP contribution < -0.4 is 5.32 Å². The highest BCUT2D eigenvalue weighted by Crippen LogP contribution is 2.30. The van der Waals surface area contributed by atoms with Gasteiger partial charge < -0.3 is 10.2 Å². The Bertz CT molecular complexity index is 907. The molecule has 2 aromatic rings. The second-order valence-electron chi connectivity index (χ2n) is 7.34. The minimum atomic E-state index is -4.44. The number of aryl methyl sites for hydroxylation is 2. The van der Waals surface area contributed by atoms with E-state index in [1.54, 1.807) is 17.8 Å². The van der Waals surface area contributed by atoms with E-state index in [1.807, 2.05) is 13.1 Å². The second-order valence-corrected chi connectivity index (χ2v) is 7.34. The maximum Gasteiger partial charge on any atom is 0.416 e. The SMILES string of the molecule is Cc1nn(C)cc1CNC(=O)C1CCC(=O)N(Cc2cccc(C(F)(F)F)c2)C1. The summed E-state index contributed by atoms with van der Waals surface area (Å²) in [6, 6.07) is 4.92. The van der Waals surface area contributed by atoms with Gasteiger partial charge in [-0.05, 0) is 31.0 Å². The van der Waals surface area contributed by atoms with E-state index in [-0.39, 0.29) is 31.3 Å². The van der Waals surface area contributed by atoms with Crippen LogP contribution in [0.4, 0.5) is 13.2 Å². The van der Waals surface area contributed by atoms with Crippen LogP contribution in [0.5, 0.6) is 0 Å². The van der Waals surface area contributed by atoms with Crippen LogP contribution in [0, 0.1) is 12.8 Å². The number of alkyl halides is 3. The summed E-state index contributed by atoms with van der Waals surface area (Å²) < 4.78 is 40.4. The fraction of sp³-hybridized carbons (Fsp3) is 0.450. The van der Waals surface area contributed by atoms with Crippen molar-refractivity contribution < 1.29 is 22.8 Å². The number of halogens is 3. The fourth-order valence-electron chi connectivity index (χ4n) is 3.50. The lowest BCUT2D eigenvalue weighted by Crippen LogP contribution is -2.45. The number of hydrogen-bond donors (Lipinski definition) is 1. The molecule has 0 aliphatic carbocycles. The predicted molar refractivity (Wildman–Crippen MR) is 99.4 cm³/mol. The summed E-state index contributed by atoms with van der Waals surface area (Å²) >= 11 is 0. The average Bonchev–Trinajstić information content (AvgIpc) is 2.98. The first kappa shape index (κ1) is 20.9. The van der Waals surface area contributed by atoms with Crippen LogP contribution in [0.15, 0.2) is 30.5 Å². The highest BCUT2D eigenvalue weighted by Gasteiger charge is 2.32. The summed E-state index contributed by atoms with van der Waals surface area (Å²) in [6.07, 6.45) is -1.98. The van der Waals surface area contributed by atoms with E-state index in [1.165, 1.54) is 11.0 Å². The van der Waals surface area contributed by atoms with Crippen molar-refractivity contribution in [3.63, 3.8) is 0 Å². The van der Waals surface area contributed by atoms with Crippen molar-refractivity contribution in [2.75, 3.05) is 6.54 Å². The monoisotopic (exact) mass is 408 g/mol. The van der Waals surface area contributed by atoms with Gasteiger partial charge in [0.2, 0.25) is 11.8 Å². The zero-order chi connectivity index (χ0) is 21.2. The van der Waals surface area contributed by atoms with Crippen molar-refractivity contribution >= 4 is 11.8 Å². The number of aromatic nitrogens is 2. The lowest BCUT2D eigenvalue weighted by Gasteiger charge is -2.32. The summed E-state index contributed by atoms with van der Waals surface area (Å²) in [5.41, 5.74) is 1.38. The number of likely N-dealkylation sites (tertiary alicyclic amines) is 1. The molecule has 3 rings (SSSR count). The van der Waals surface area contributed by atoms with Crippen molar-refractivity contribution in [3.8, 4) is 0 Å². The number of benzene rings is 1. The summed E-state index contributed by atoms with van der Waals surface area (Å²) in [5.74, 6) is -0.722. The molecule has 1 unspecified atom stereocenters. The molecule has 1 N–H and O–H groups in total. The van der Waals surface area contributed by atoms with Gasteiger partial charge in [0.05, 0.1) is 17.2 Å². The highest BCUT2D eigenvalue weighted by atomic mass is 19.4. The molecule has 29 heavy (non-hydrogen) atoms. The number of carbonyl (C=O) groups is 2. The summed E-state index contributed by atoms with van der Waals surface area (Å²) in [5, 5.41) is 7.10. The van der Waals surface area contributed by atoms with Crippen LogP contribution in [-0.2, 0) is 35.9 Å². The molecular formula is C20H23F3N4O2. The molecule has 1 aromatic heterocycles. The van der Waals surface area contributed by atoms with E-state index < -0.39 is 17.7 Å². The third kappa shape index (κ3) is 5.16. The van der Waals surface area contributed by atoms with E-state index in [0.29, 0.717) is 18.5 Å². The summed E-state index contributed by atoms with van der Waals surface area (Å²) in [7, 11) is 1.80. The first-order valence-corrected chi connectivity index (χ1v) is 9.34. The Morgan fingerprint density at radius 1 is 1.34 bits per heavy atom. The Morgan fingerprint density at radius 2 is 2.10 bits per heavy atom. The molecule has 0 radical (unpaired) electrons. The van der Waals surface area contributed by atoms with E-state index in [0.717, 1.165) is 23.4 Å². The molecule has 9 heteroatoms. The molecule has 1 atom stereocenters. The summed E-state index contributed by atoms with van der Waals surface area (Å²) in [4.78, 5) is 26.2. The minimum Gasteiger partial charge on any atom is -0.352 e. The van der Waals surface area contributed by atoms with Gasteiger partial charge in [-0.2, -0.15) is 18.3 Å². The molecule has 2 amide bonds. The van der Waals surface area contributed by atoms with Crippen molar-refractivity contribution in [1.82, 2.24) is 20.0 Å². The Morgan fingerprint density at radius 3 is 2.76 bits per heavy atom. The maximum absolute atomic E-state index is 12.9. The van der Waals surface area contributed by atoms with Crippen LogP contribution >= 0.6 is 0 Å². The Balaban J connectivity index is 1.62. The number of nitrogens with one attached hydrogen (secondary N) is 1. The quantitative estimate of drug-likeness (QED) is 0.827. The predicted octanol–water partition coefficient (Wildman–Crippen LogP) is 2.80. The van der Waals surface area contributed by atoms with E-state index in [4.69, 9.17) is 0 Å². The van der Waals surface area contributed by atoms with Crippen LogP contribution in [0.25, 0.3) is 0 Å². The van der Waals surface area contributed by atoms with Crippen LogP contribution in [0.1, 0.15) is 35.2 Å². The van der Waals surface area contributed by atoms with Crippen molar-refractivity contribution in [1.29, 1.82) is 0 Å². The molecule has 1 fully saturated rings. The Labute approximate surface area is 166 Å². The Hall–Kier alpha value is -2.84. The minimum absolute atomic E-state index is 0.0498. The average molecular weight is 408 g/mol. The molecule has 6 nitrogen and oxygen atoms in total.